The number of anilines is 1. The van der Waals surface area contributed by atoms with Crippen LogP contribution in [0.25, 0.3) is 0 Å². The summed E-state index contributed by atoms with van der Waals surface area (Å²) in [6.45, 7) is 11.2. The van der Waals surface area contributed by atoms with Crippen LogP contribution in [-0.4, -0.2) is 43.8 Å². The molecule has 0 aromatic heterocycles. The molecule has 1 atom stereocenters. The molecule has 3 aromatic rings. The first kappa shape index (κ1) is 29.9. The summed E-state index contributed by atoms with van der Waals surface area (Å²) in [4.78, 5) is 28.5. The molecular weight excluding hydrogens is 510 g/mol. The van der Waals surface area contributed by atoms with Gasteiger partial charge in [0.25, 0.3) is 10.0 Å². The van der Waals surface area contributed by atoms with Gasteiger partial charge in [0, 0.05) is 12.6 Å². The molecule has 7 nitrogen and oxygen atoms in total. The van der Waals surface area contributed by atoms with E-state index in [9.17, 15) is 18.0 Å². The molecule has 2 amide bonds. The summed E-state index contributed by atoms with van der Waals surface area (Å²) in [5, 5.41) is 2.87. The van der Waals surface area contributed by atoms with Crippen LogP contribution >= 0.6 is 0 Å². The lowest BCUT2D eigenvalue weighted by Crippen LogP contribution is -2.52. The summed E-state index contributed by atoms with van der Waals surface area (Å²) in [6, 6.07) is 22.0. The smallest absolute Gasteiger partial charge is 0.264 e. The van der Waals surface area contributed by atoms with Gasteiger partial charge in [0.05, 0.1) is 10.6 Å². The summed E-state index contributed by atoms with van der Waals surface area (Å²) >= 11 is 0. The van der Waals surface area contributed by atoms with Crippen molar-refractivity contribution in [2.45, 2.75) is 71.0 Å². The highest BCUT2D eigenvalue weighted by atomic mass is 32.2. The molecule has 0 unspecified atom stereocenters. The summed E-state index contributed by atoms with van der Waals surface area (Å²) in [7, 11) is -4.08. The van der Waals surface area contributed by atoms with Gasteiger partial charge in [0.2, 0.25) is 11.8 Å². The molecule has 0 heterocycles. The minimum Gasteiger partial charge on any atom is -0.352 e. The average molecular weight is 550 g/mol. The van der Waals surface area contributed by atoms with Gasteiger partial charge in [-0.2, -0.15) is 0 Å². The number of carbonyl (C=O) groups excluding carboxylic acids is 2. The van der Waals surface area contributed by atoms with Crippen LogP contribution in [-0.2, 0) is 26.2 Å². The van der Waals surface area contributed by atoms with Crippen molar-refractivity contribution in [3.8, 4) is 0 Å². The third-order valence-corrected chi connectivity index (χ3v) is 8.45. The molecule has 39 heavy (non-hydrogen) atoms. The van der Waals surface area contributed by atoms with Crippen LogP contribution < -0.4 is 9.62 Å². The SMILES string of the molecule is Cc1ccccc1CN(C(=O)CN(c1ccc(C(C)C)cc1)S(=O)(=O)c1ccccc1)[C@@H](C)C(=O)NC(C)C. The Kier molecular flexibility index (Phi) is 9.92. The molecule has 0 aliphatic rings. The van der Waals surface area contributed by atoms with E-state index in [1.54, 1.807) is 37.3 Å². The van der Waals surface area contributed by atoms with Crippen LogP contribution in [0.1, 0.15) is 57.2 Å². The lowest BCUT2D eigenvalue weighted by atomic mass is 10.0. The van der Waals surface area contributed by atoms with Crippen molar-refractivity contribution < 1.29 is 18.0 Å². The number of hydrogen-bond donors (Lipinski definition) is 1. The second kappa shape index (κ2) is 12.9. The maximum atomic E-state index is 14.0. The Bertz CT molecular complexity index is 1370. The molecule has 3 rings (SSSR count). The molecule has 1 N–H and O–H groups in total. The summed E-state index contributed by atoms with van der Waals surface area (Å²) in [6.07, 6.45) is 0. The van der Waals surface area contributed by atoms with Crippen molar-refractivity contribution in [2.75, 3.05) is 10.8 Å². The van der Waals surface area contributed by atoms with E-state index in [0.717, 1.165) is 21.0 Å². The Morgan fingerprint density at radius 2 is 1.41 bits per heavy atom. The highest BCUT2D eigenvalue weighted by molar-refractivity contribution is 7.92. The van der Waals surface area contributed by atoms with Gasteiger partial charge >= 0.3 is 0 Å². The van der Waals surface area contributed by atoms with Gasteiger partial charge in [-0.3, -0.25) is 13.9 Å². The Morgan fingerprint density at radius 1 is 0.821 bits per heavy atom. The van der Waals surface area contributed by atoms with Gasteiger partial charge in [-0.05, 0) is 74.6 Å². The molecule has 0 radical (unpaired) electrons. The third kappa shape index (κ3) is 7.47. The first-order chi connectivity index (χ1) is 18.4. The molecule has 0 fully saturated rings. The van der Waals surface area contributed by atoms with Crippen LogP contribution in [0.5, 0.6) is 0 Å². The molecule has 0 spiro atoms. The molecule has 0 aliphatic heterocycles. The first-order valence-corrected chi connectivity index (χ1v) is 14.7. The number of nitrogens with one attached hydrogen (secondary N) is 1. The molecule has 0 saturated carbocycles. The van der Waals surface area contributed by atoms with Gasteiger partial charge in [0.1, 0.15) is 12.6 Å². The Labute approximate surface area is 232 Å². The molecule has 0 bridgehead atoms. The fraction of sp³-hybridized carbons (Fsp3) is 0.355. The number of sulfonamides is 1. The minimum atomic E-state index is -4.08. The predicted molar refractivity (Wildman–Crippen MR) is 156 cm³/mol. The summed E-state index contributed by atoms with van der Waals surface area (Å²) in [5.74, 6) is -0.507. The second-order valence-corrected chi connectivity index (χ2v) is 12.2. The maximum absolute atomic E-state index is 14.0. The van der Waals surface area contributed by atoms with Crippen molar-refractivity contribution in [3.05, 3.63) is 95.6 Å². The third-order valence-electron chi connectivity index (χ3n) is 6.66. The van der Waals surface area contributed by atoms with E-state index in [0.29, 0.717) is 5.69 Å². The highest BCUT2D eigenvalue weighted by Gasteiger charge is 2.32. The van der Waals surface area contributed by atoms with Gasteiger partial charge in [-0.1, -0.05) is 68.4 Å². The van der Waals surface area contributed by atoms with E-state index in [2.05, 4.69) is 19.2 Å². The largest absolute Gasteiger partial charge is 0.352 e. The Hall–Kier alpha value is -3.65. The van der Waals surface area contributed by atoms with Crippen molar-refractivity contribution in [1.29, 1.82) is 0 Å². The fourth-order valence-corrected chi connectivity index (χ4v) is 5.67. The second-order valence-electron chi connectivity index (χ2n) is 10.4. The van der Waals surface area contributed by atoms with Crippen molar-refractivity contribution in [2.24, 2.45) is 0 Å². The quantitative estimate of drug-likeness (QED) is 0.354. The van der Waals surface area contributed by atoms with Crippen molar-refractivity contribution in [3.63, 3.8) is 0 Å². The zero-order valence-corrected chi connectivity index (χ0v) is 24.4. The highest BCUT2D eigenvalue weighted by Crippen LogP contribution is 2.26. The van der Waals surface area contributed by atoms with Crippen LogP contribution in [0, 0.1) is 6.92 Å². The van der Waals surface area contributed by atoms with E-state index in [1.165, 1.54) is 17.0 Å². The molecular formula is C31H39N3O4S. The van der Waals surface area contributed by atoms with Crippen molar-refractivity contribution >= 4 is 27.5 Å². The first-order valence-electron chi connectivity index (χ1n) is 13.2. The van der Waals surface area contributed by atoms with Gasteiger partial charge in [-0.25, -0.2) is 8.42 Å². The molecule has 208 valence electrons. The number of aryl methyl sites for hydroxylation is 1. The van der Waals surface area contributed by atoms with Gasteiger partial charge in [0.15, 0.2) is 0 Å². The van der Waals surface area contributed by atoms with Crippen LogP contribution in [0.2, 0.25) is 0 Å². The van der Waals surface area contributed by atoms with Gasteiger partial charge < -0.3 is 10.2 Å². The number of amides is 2. The maximum Gasteiger partial charge on any atom is 0.264 e. The number of nitrogens with zero attached hydrogens (tertiary/aromatic N) is 2. The summed E-state index contributed by atoms with van der Waals surface area (Å²) < 4.78 is 28.8. The van der Waals surface area contributed by atoms with Crippen LogP contribution in [0.4, 0.5) is 5.69 Å². The molecule has 8 heteroatoms. The molecule has 0 saturated heterocycles. The zero-order chi connectivity index (χ0) is 28.7. The number of hydrogen-bond acceptors (Lipinski definition) is 4. The monoisotopic (exact) mass is 549 g/mol. The Morgan fingerprint density at radius 3 is 1.97 bits per heavy atom. The topological polar surface area (TPSA) is 86.8 Å². The number of rotatable bonds is 11. The number of benzene rings is 3. The normalized spacial score (nSPS) is 12.3. The molecule has 0 aliphatic carbocycles. The Balaban J connectivity index is 2.04. The van der Waals surface area contributed by atoms with Gasteiger partial charge in [-0.15, -0.1) is 0 Å². The number of carbonyl (C=O) groups is 2. The minimum absolute atomic E-state index is 0.0850. The van der Waals surface area contributed by atoms with Crippen LogP contribution in [0.15, 0.2) is 83.8 Å². The fourth-order valence-electron chi connectivity index (χ4n) is 4.23. The average Bonchev–Trinajstić information content (AvgIpc) is 2.90. The lowest BCUT2D eigenvalue weighted by Gasteiger charge is -2.32. The van der Waals surface area contributed by atoms with E-state index in [4.69, 9.17) is 0 Å². The van der Waals surface area contributed by atoms with Crippen molar-refractivity contribution in [1.82, 2.24) is 10.2 Å². The van der Waals surface area contributed by atoms with E-state index >= 15 is 0 Å². The zero-order valence-electron chi connectivity index (χ0n) is 23.6. The molecule has 3 aromatic carbocycles. The van der Waals surface area contributed by atoms with Crippen LogP contribution in [0.3, 0.4) is 0 Å². The van der Waals surface area contributed by atoms with E-state index in [1.807, 2.05) is 57.2 Å². The van der Waals surface area contributed by atoms with E-state index in [-0.39, 0.29) is 29.3 Å². The standard InChI is InChI=1S/C31H39N3O4S/c1-22(2)26-16-18-28(19-17-26)34(39(37,38)29-14-8-7-9-15-29)21-30(35)33(25(6)31(36)32-23(3)4)20-27-13-11-10-12-24(27)5/h7-19,22-23,25H,20-21H2,1-6H3,(H,32,36)/t25-/m0/s1. The summed E-state index contributed by atoms with van der Waals surface area (Å²) in [5.41, 5.74) is 3.30. The lowest BCUT2D eigenvalue weighted by molar-refractivity contribution is -0.139. The van der Waals surface area contributed by atoms with E-state index < -0.39 is 28.5 Å². The predicted octanol–water partition coefficient (Wildman–Crippen LogP) is 5.26.